The van der Waals surface area contributed by atoms with Gasteiger partial charge in [0.05, 0.1) is 10.6 Å². The van der Waals surface area contributed by atoms with Gasteiger partial charge in [0.1, 0.15) is 17.3 Å². The van der Waals surface area contributed by atoms with Gasteiger partial charge in [-0.05, 0) is 42.5 Å². The maximum absolute atomic E-state index is 12.5. The first-order valence-corrected chi connectivity index (χ1v) is 10.7. The molecule has 0 bridgehead atoms. The van der Waals surface area contributed by atoms with Gasteiger partial charge in [-0.1, -0.05) is 29.8 Å². The zero-order valence-corrected chi connectivity index (χ0v) is 17.2. The van der Waals surface area contributed by atoms with Crippen LogP contribution in [0.5, 0.6) is 5.75 Å². The van der Waals surface area contributed by atoms with E-state index in [2.05, 4.69) is 5.32 Å². The lowest BCUT2D eigenvalue weighted by molar-refractivity contribution is -0.153. The highest BCUT2D eigenvalue weighted by atomic mass is 35.5. The molecule has 6 nitrogen and oxygen atoms in total. The van der Waals surface area contributed by atoms with Gasteiger partial charge in [0.2, 0.25) is 0 Å². The first kappa shape index (κ1) is 22.7. The minimum absolute atomic E-state index is 0.0219. The van der Waals surface area contributed by atoms with E-state index in [1.807, 2.05) is 0 Å². The van der Waals surface area contributed by atoms with E-state index in [-0.39, 0.29) is 32.9 Å². The minimum Gasteiger partial charge on any atom is -0.482 e. The summed E-state index contributed by atoms with van der Waals surface area (Å²) >= 11 is 5.85. The molecule has 0 unspecified atom stereocenters. The zero-order chi connectivity index (χ0) is 22.6. The van der Waals surface area contributed by atoms with Crippen molar-refractivity contribution in [3.63, 3.8) is 0 Å². The number of carbonyl (C=O) groups excluding carboxylic acids is 1. The number of carbonyl (C=O) groups is 1. The van der Waals surface area contributed by atoms with E-state index < -0.39 is 34.3 Å². The fraction of sp³-hybridized carbons (Fsp3) is 0.150. The third kappa shape index (κ3) is 6.25. The normalized spacial score (nSPS) is 11.9. The molecule has 0 aliphatic heterocycles. The molecule has 31 heavy (non-hydrogen) atoms. The lowest BCUT2D eigenvalue weighted by Crippen LogP contribution is -2.20. The van der Waals surface area contributed by atoms with Crippen LogP contribution < -0.4 is 10.1 Å². The predicted octanol–water partition coefficient (Wildman–Crippen LogP) is 5.10. The van der Waals surface area contributed by atoms with Gasteiger partial charge in [-0.2, -0.15) is 13.2 Å². The van der Waals surface area contributed by atoms with E-state index in [1.165, 1.54) is 42.5 Å². The highest BCUT2D eigenvalue weighted by Crippen LogP contribution is 2.30. The van der Waals surface area contributed by atoms with Crippen LogP contribution in [0.15, 0.2) is 70.0 Å². The molecule has 0 aliphatic carbocycles. The van der Waals surface area contributed by atoms with Crippen molar-refractivity contribution in [2.45, 2.75) is 16.8 Å². The fourth-order valence-corrected chi connectivity index (χ4v) is 3.99. The van der Waals surface area contributed by atoms with Crippen molar-refractivity contribution in [3.8, 4) is 5.75 Å². The Labute approximate surface area is 180 Å². The molecule has 1 N–H and O–H groups in total. The van der Waals surface area contributed by atoms with Crippen LogP contribution in [0, 0.1) is 0 Å². The van der Waals surface area contributed by atoms with E-state index >= 15 is 0 Å². The average molecular weight is 474 g/mol. The highest BCUT2D eigenvalue weighted by molar-refractivity contribution is 7.90. The molecule has 164 valence electrons. The number of hydrogen-bond acceptors (Lipinski definition) is 5. The SMILES string of the molecule is O=C(Nc1cc(Cl)ccc1OCC(F)(F)F)c1ccc(CS(=O)(=O)c2ccccc2)o1. The Morgan fingerprint density at radius 2 is 1.77 bits per heavy atom. The van der Waals surface area contributed by atoms with E-state index in [1.54, 1.807) is 18.2 Å². The van der Waals surface area contributed by atoms with Crippen LogP contribution in [0.1, 0.15) is 16.3 Å². The predicted molar refractivity (Wildman–Crippen MR) is 107 cm³/mol. The van der Waals surface area contributed by atoms with Crippen LogP contribution in [0.25, 0.3) is 0 Å². The topological polar surface area (TPSA) is 85.6 Å². The van der Waals surface area contributed by atoms with E-state index in [0.717, 1.165) is 0 Å². The first-order chi connectivity index (χ1) is 14.5. The standard InChI is InChI=1S/C20H15ClF3NO5S/c21-13-6-8-17(29-12-20(22,23)24)16(10-13)25-19(26)18-9-7-14(30-18)11-31(27,28)15-4-2-1-3-5-15/h1-10H,11-12H2,(H,25,26). The molecular formula is C20H15ClF3NO5S. The van der Waals surface area contributed by atoms with Crippen LogP contribution in [0.3, 0.4) is 0 Å². The summed E-state index contributed by atoms with van der Waals surface area (Å²) in [7, 11) is -3.69. The Kier molecular flexibility index (Phi) is 6.61. The number of furan rings is 1. The molecule has 3 aromatic rings. The number of ether oxygens (including phenoxy) is 1. The number of amides is 1. The van der Waals surface area contributed by atoms with Gasteiger partial charge in [-0.3, -0.25) is 4.79 Å². The summed E-state index contributed by atoms with van der Waals surface area (Å²) in [5.74, 6) is -1.74. The molecule has 1 aromatic heterocycles. The summed E-state index contributed by atoms with van der Waals surface area (Å²) in [6.45, 7) is -1.56. The number of rotatable bonds is 7. The van der Waals surface area contributed by atoms with E-state index in [0.29, 0.717) is 0 Å². The van der Waals surface area contributed by atoms with Crippen molar-refractivity contribution in [1.82, 2.24) is 0 Å². The summed E-state index contributed by atoms with van der Waals surface area (Å²) in [5.41, 5.74) is -0.100. The van der Waals surface area contributed by atoms with Crippen molar-refractivity contribution in [2.24, 2.45) is 0 Å². The second-order valence-electron chi connectivity index (χ2n) is 6.34. The Hall–Kier alpha value is -2.98. The van der Waals surface area contributed by atoms with Gasteiger partial charge in [0.25, 0.3) is 5.91 Å². The maximum Gasteiger partial charge on any atom is 0.422 e. The quantitative estimate of drug-likeness (QED) is 0.516. The lowest BCUT2D eigenvalue weighted by Gasteiger charge is -2.13. The fourth-order valence-electron chi connectivity index (χ4n) is 2.55. The first-order valence-electron chi connectivity index (χ1n) is 8.70. The van der Waals surface area contributed by atoms with Gasteiger partial charge in [0, 0.05) is 5.02 Å². The van der Waals surface area contributed by atoms with Gasteiger partial charge >= 0.3 is 6.18 Å². The van der Waals surface area contributed by atoms with Crippen LogP contribution >= 0.6 is 11.6 Å². The maximum atomic E-state index is 12.5. The van der Waals surface area contributed by atoms with Crippen molar-refractivity contribution in [2.75, 3.05) is 11.9 Å². The Balaban J connectivity index is 1.74. The molecule has 0 radical (unpaired) electrons. The highest BCUT2D eigenvalue weighted by Gasteiger charge is 2.29. The van der Waals surface area contributed by atoms with E-state index in [4.69, 9.17) is 20.8 Å². The number of benzene rings is 2. The summed E-state index contributed by atoms with van der Waals surface area (Å²) in [5, 5.41) is 2.51. The second-order valence-corrected chi connectivity index (χ2v) is 8.76. The molecule has 0 saturated heterocycles. The lowest BCUT2D eigenvalue weighted by atomic mass is 10.2. The van der Waals surface area contributed by atoms with Gasteiger partial charge in [-0.25, -0.2) is 8.42 Å². The van der Waals surface area contributed by atoms with Crippen molar-refractivity contribution in [3.05, 3.63) is 77.2 Å². The van der Waals surface area contributed by atoms with Crippen molar-refractivity contribution in [1.29, 1.82) is 0 Å². The number of nitrogens with one attached hydrogen (secondary N) is 1. The van der Waals surface area contributed by atoms with E-state index in [9.17, 15) is 26.4 Å². The Bertz CT molecular complexity index is 1180. The number of alkyl halides is 3. The molecule has 0 saturated carbocycles. The smallest absolute Gasteiger partial charge is 0.422 e. The summed E-state index contributed by atoms with van der Waals surface area (Å²) in [4.78, 5) is 12.6. The van der Waals surface area contributed by atoms with Crippen LogP contribution in [-0.4, -0.2) is 27.1 Å². The Morgan fingerprint density at radius 3 is 2.45 bits per heavy atom. The largest absolute Gasteiger partial charge is 0.482 e. The molecule has 3 rings (SSSR count). The monoisotopic (exact) mass is 473 g/mol. The van der Waals surface area contributed by atoms with Gasteiger partial charge < -0.3 is 14.5 Å². The molecule has 0 atom stereocenters. The molecule has 1 amide bonds. The summed E-state index contributed by atoms with van der Waals surface area (Å²) < 4.78 is 72.2. The third-order valence-electron chi connectivity index (χ3n) is 3.90. The van der Waals surface area contributed by atoms with Crippen LogP contribution in [0.4, 0.5) is 18.9 Å². The number of anilines is 1. The summed E-state index contributed by atoms with van der Waals surface area (Å²) in [6, 6.07) is 14.0. The van der Waals surface area contributed by atoms with Crippen molar-refractivity contribution < 1.29 is 35.5 Å². The van der Waals surface area contributed by atoms with Gasteiger partial charge in [-0.15, -0.1) is 0 Å². The van der Waals surface area contributed by atoms with Crippen LogP contribution in [-0.2, 0) is 15.6 Å². The van der Waals surface area contributed by atoms with Crippen molar-refractivity contribution >= 4 is 33.0 Å². The summed E-state index contributed by atoms with van der Waals surface area (Å²) in [6.07, 6.45) is -4.57. The average Bonchev–Trinajstić information content (AvgIpc) is 3.15. The number of sulfone groups is 1. The molecule has 0 spiro atoms. The molecule has 2 aromatic carbocycles. The number of halogens is 4. The molecule has 0 fully saturated rings. The molecule has 0 aliphatic rings. The van der Waals surface area contributed by atoms with Gasteiger partial charge in [0.15, 0.2) is 22.2 Å². The zero-order valence-electron chi connectivity index (χ0n) is 15.6. The molecule has 11 heteroatoms. The van der Waals surface area contributed by atoms with Crippen LogP contribution in [0.2, 0.25) is 5.02 Å². The Morgan fingerprint density at radius 1 is 1.06 bits per heavy atom. The second kappa shape index (κ2) is 9.03. The minimum atomic E-state index is -4.57. The number of hydrogen-bond donors (Lipinski definition) is 1. The molecular weight excluding hydrogens is 459 g/mol. The third-order valence-corrected chi connectivity index (χ3v) is 5.79. The molecule has 1 heterocycles.